The number of carbonyl (C=O) groups is 1. The van der Waals surface area contributed by atoms with Crippen molar-refractivity contribution in [3.63, 3.8) is 0 Å². The van der Waals surface area contributed by atoms with Gasteiger partial charge in [0.1, 0.15) is 5.75 Å². The van der Waals surface area contributed by atoms with E-state index in [-0.39, 0.29) is 6.61 Å². The van der Waals surface area contributed by atoms with Gasteiger partial charge in [0.2, 0.25) is 0 Å². The second-order valence-corrected chi connectivity index (χ2v) is 7.57. The highest BCUT2D eigenvalue weighted by atomic mass is 16.5. The summed E-state index contributed by atoms with van der Waals surface area (Å²) in [5.41, 5.74) is 3.60. The molecule has 146 valence electrons. The maximum Gasteiger partial charge on any atom is 0.341 e. The molecule has 0 spiro atoms. The molecule has 0 saturated carbocycles. The zero-order chi connectivity index (χ0) is 19.3. The number of rotatable bonds is 7. The molecular weight excluding hydrogens is 354 g/mol. The minimum Gasteiger partial charge on any atom is -0.482 e. The van der Waals surface area contributed by atoms with Gasteiger partial charge >= 0.3 is 5.97 Å². The summed E-state index contributed by atoms with van der Waals surface area (Å²) in [5.74, 6) is 0.296. The fourth-order valence-electron chi connectivity index (χ4n) is 4.05. The van der Waals surface area contributed by atoms with E-state index in [9.17, 15) is 4.79 Å². The minimum absolute atomic E-state index is 0.309. The lowest BCUT2D eigenvalue weighted by Crippen LogP contribution is -2.35. The van der Waals surface area contributed by atoms with Gasteiger partial charge in [-0.25, -0.2) is 4.79 Å². The number of H-pyrrole nitrogens is 1. The number of aliphatic carboxylic acids is 1. The largest absolute Gasteiger partial charge is 0.482 e. The molecular formula is C22H25N3O3. The molecule has 0 bridgehead atoms. The average Bonchev–Trinajstić information content (AvgIpc) is 3.15. The van der Waals surface area contributed by atoms with Crippen LogP contribution in [0.1, 0.15) is 24.0 Å². The van der Waals surface area contributed by atoms with E-state index in [0.717, 1.165) is 37.1 Å². The van der Waals surface area contributed by atoms with Crippen molar-refractivity contribution in [2.24, 2.45) is 5.92 Å². The lowest BCUT2D eigenvalue weighted by atomic mass is 9.90. The van der Waals surface area contributed by atoms with E-state index >= 15 is 0 Å². The van der Waals surface area contributed by atoms with E-state index < -0.39 is 5.97 Å². The molecule has 1 aromatic heterocycles. The topological polar surface area (TPSA) is 78.5 Å². The van der Waals surface area contributed by atoms with Gasteiger partial charge in [-0.3, -0.25) is 10.00 Å². The number of hydrogen-bond acceptors (Lipinski definition) is 4. The van der Waals surface area contributed by atoms with Crippen LogP contribution in [0.5, 0.6) is 5.75 Å². The van der Waals surface area contributed by atoms with Crippen LogP contribution in [-0.4, -0.2) is 45.9 Å². The number of aromatic amines is 1. The third-order valence-electron chi connectivity index (χ3n) is 5.30. The summed E-state index contributed by atoms with van der Waals surface area (Å²) >= 11 is 0. The lowest BCUT2D eigenvalue weighted by molar-refractivity contribution is -0.139. The zero-order valence-corrected chi connectivity index (χ0v) is 15.8. The third-order valence-corrected chi connectivity index (χ3v) is 5.30. The Kier molecular flexibility index (Phi) is 5.58. The predicted octanol–water partition coefficient (Wildman–Crippen LogP) is 3.48. The molecule has 1 saturated heterocycles. The highest BCUT2D eigenvalue weighted by Gasteiger charge is 2.20. The van der Waals surface area contributed by atoms with Crippen molar-refractivity contribution < 1.29 is 14.6 Å². The molecule has 28 heavy (non-hydrogen) atoms. The Morgan fingerprint density at radius 2 is 2.18 bits per heavy atom. The molecule has 6 heteroatoms. The van der Waals surface area contributed by atoms with Crippen LogP contribution in [-0.2, 0) is 17.8 Å². The van der Waals surface area contributed by atoms with E-state index in [1.165, 1.54) is 23.8 Å². The molecule has 1 atom stereocenters. The van der Waals surface area contributed by atoms with Crippen molar-refractivity contribution in [1.29, 1.82) is 0 Å². The van der Waals surface area contributed by atoms with E-state index in [1.54, 1.807) is 6.07 Å². The van der Waals surface area contributed by atoms with Crippen molar-refractivity contribution in [2.45, 2.75) is 25.8 Å². The Morgan fingerprint density at radius 1 is 1.25 bits per heavy atom. The number of fused-ring (bicyclic) bond motifs is 1. The Morgan fingerprint density at radius 3 is 3.07 bits per heavy atom. The van der Waals surface area contributed by atoms with Crippen LogP contribution in [0.15, 0.2) is 48.7 Å². The van der Waals surface area contributed by atoms with Crippen LogP contribution in [0.2, 0.25) is 0 Å². The first kappa shape index (κ1) is 18.5. The van der Waals surface area contributed by atoms with Gasteiger partial charge in [0.15, 0.2) is 6.61 Å². The number of ether oxygens (including phenoxy) is 1. The van der Waals surface area contributed by atoms with Gasteiger partial charge in [-0.1, -0.05) is 18.2 Å². The second kappa shape index (κ2) is 8.44. The molecule has 1 fully saturated rings. The molecule has 4 rings (SSSR count). The van der Waals surface area contributed by atoms with E-state index in [1.807, 2.05) is 18.3 Å². The number of hydrogen-bond donors (Lipinski definition) is 2. The fourth-order valence-corrected chi connectivity index (χ4v) is 4.05. The summed E-state index contributed by atoms with van der Waals surface area (Å²) in [7, 11) is 0. The van der Waals surface area contributed by atoms with E-state index in [4.69, 9.17) is 9.84 Å². The highest BCUT2D eigenvalue weighted by Crippen LogP contribution is 2.24. The molecule has 0 unspecified atom stereocenters. The number of likely N-dealkylation sites (tertiary alicyclic amines) is 1. The van der Waals surface area contributed by atoms with Gasteiger partial charge in [0, 0.05) is 18.5 Å². The number of nitrogens with zero attached hydrogens (tertiary/aromatic N) is 2. The molecule has 0 amide bonds. The summed E-state index contributed by atoms with van der Waals surface area (Å²) in [4.78, 5) is 13.2. The van der Waals surface area contributed by atoms with Gasteiger partial charge in [-0.15, -0.1) is 0 Å². The monoisotopic (exact) mass is 379 g/mol. The van der Waals surface area contributed by atoms with Crippen molar-refractivity contribution in [3.8, 4) is 5.75 Å². The molecule has 3 aromatic rings. The molecule has 2 heterocycles. The molecule has 0 radical (unpaired) electrons. The molecule has 2 N–H and O–H groups in total. The third kappa shape index (κ3) is 4.70. The van der Waals surface area contributed by atoms with Crippen LogP contribution in [0.3, 0.4) is 0 Å². The number of carboxylic acids is 1. The quantitative estimate of drug-likeness (QED) is 0.657. The number of benzene rings is 2. The summed E-state index contributed by atoms with van der Waals surface area (Å²) in [6, 6.07) is 14.3. The Hall–Kier alpha value is -2.86. The lowest BCUT2D eigenvalue weighted by Gasteiger charge is -2.33. The number of carboxylic acid groups (broad SMARTS) is 1. The minimum atomic E-state index is -0.960. The number of piperidine rings is 1. The fraction of sp³-hybridized carbons (Fsp3) is 0.364. The SMILES string of the molecule is O=C(O)COc1cccc(CN2CCC[C@@H](Cc3ccc4[nH]ncc4c3)C2)c1. The van der Waals surface area contributed by atoms with Gasteiger partial charge in [-0.2, -0.15) is 5.10 Å². The Bertz CT molecular complexity index is 953. The van der Waals surface area contributed by atoms with E-state index in [0.29, 0.717) is 11.7 Å². The molecule has 2 aromatic carbocycles. The molecule has 6 nitrogen and oxygen atoms in total. The van der Waals surface area contributed by atoms with E-state index in [2.05, 4.69) is 39.4 Å². The van der Waals surface area contributed by atoms with Crippen LogP contribution in [0.4, 0.5) is 0 Å². The Labute approximate surface area is 164 Å². The number of nitrogens with one attached hydrogen (secondary N) is 1. The Balaban J connectivity index is 1.35. The standard InChI is InChI=1S/C22H25N3O3/c26-22(27)15-28-20-5-1-3-18(11-20)14-25-8-2-4-17(13-25)9-16-6-7-21-19(10-16)12-23-24-21/h1,3,5-7,10-12,17H,2,4,8-9,13-15H2,(H,23,24)(H,26,27)/t17-/m0/s1. The highest BCUT2D eigenvalue weighted by molar-refractivity contribution is 5.78. The molecule has 1 aliphatic rings. The van der Waals surface area contributed by atoms with Crippen molar-refractivity contribution in [1.82, 2.24) is 15.1 Å². The van der Waals surface area contributed by atoms with Crippen molar-refractivity contribution in [3.05, 3.63) is 59.8 Å². The number of aromatic nitrogens is 2. The summed E-state index contributed by atoms with van der Waals surface area (Å²) in [6.07, 6.45) is 5.42. The van der Waals surface area contributed by atoms with Gasteiger partial charge < -0.3 is 9.84 Å². The molecule has 1 aliphatic heterocycles. The maximum atomic E-state index is 10.7. The predicted molar refractivity (Wildman–Crippen MR) is 107 cm³/mol. The van der Waals surface area contributed by atoms with Gasteiger partial charge in [0.25, 0.3) is 0 Å². The molecule has 0 aliphatic carbocycles. The summed E-state index contributed by atoms with van der Waals surface area (Å²) < 4.78 is 5.30. The van der Waals surface area contributed by atoms with Crippen LogP contribution in [0, 0.1) is 5.92 Å². The van der Waals surface area contributed by atoms with Crippen molar-refractivity contribution >= 4 is 16.9 Å². The maximum absolute atomic E-state index is 10.7. The first-order valence-electron chi connectivity index (χ1n) is 9.73. The zero-order valence-electron chi connectivity index (χ0n) is 15.8. The van der Waals surface area contributed by atoms with Crippen LogP contribution >= 0.6 is 0 Å². The van der Waals surface area contributed by atoms with Crippen LogP contribution in [0.25, 0.3) is 10.9 Å². The van der Waals surface area contributed by atoms with Crippen LogP contribution < -0.4 is 4.74 Å². The normalized spacial score (nSPS) is 17.6. The smallest absolute Gasteiger partial charge is 0.341 e. The summed E-state index contributed by atoms with van der Waals surface area (Å²) in [6.45, 7) is 2.72. The van der Waals surface area contributed by atoms with Gasteiger partial charge in [0.05, 0.1) is 11.7 Å². The average molecular weight is 379 g/mol. The van der Waals surface area contributed by atoms with Crippen molar-refractivity contribution in [2.75, 3.05) is 19.7 Å². The first-order valence-corrected chi connectivity index (χ1v) is 9.73. The first-order chi connectivity index (χ1) is 13.7. The summed E-state index contributed by atoms with van der Waals surface area (Å²) in [5, 5.41) is 17.0. The van der Waals surface area contributed by atoms with Gasteiger partial charge in [-0.05, 0) is 67.1 Å². The second-order valence-electron chi connectivity index (χ2n) is 7.57.